The van der Waals surface area contributed by atoms with Crippen LogP contribution in [0.25, 0.3) is 0 Å². The summed E-state index contributed by atoms with van der Waals surface area (Å²) >= 11 is 0. The fourth-order valence-electron chi connectivity index (χ4n) is 2.42. The third-order valence-electron chi connectivity index (χ3n) is 3.25. The molecule has 0 bridgehead atoms. The molecule has 0 atom stereocenters. The van der Waals surface area contributed by atoms with Gasteiger partial charge in [-0.15, -0.1) is 0 Å². The zero-order chi connectivity index (χ0) is 15.4. The molecule has 4 heteroatoms. The molecule has 1 N–H and O–H groups in total. The minimum absolute atomic E-state index is 0.217. The highest BCUT2D eigenvalue weighted by molar-refractivity contribution is 6.02. The molecule has 2 aromatic rings. The van der Waals surface area contributed by atoms with Gasteiger partial charge in [-0.25, -0.2) is 5.43 Å². The van der Waals surface area contributed by atoms with Crippen LogP contribution in [-0.2, 0) is 0 Å². The number of hydrogen-bond acceptors (Lipinski definition) is 3. The van der Waals surface area contributed by atoms with Crippen LogP contribution < -0.4 is 5.43 Å². The first-order valence-corrected chi connectivity index (χ1v) is 6.84. The lowest BCUT2D eigenvalue weighted by Crippen LogP contribution is -2.20. The van der Waals surface area contributed by atoms with Crippen LogP contribution in [0.3, 0.4) is 0 Å². The summed E-state index contributed by atoms with van der Waals surface area (Å²) in [6.07, 6.45) is 0. The van der Waals surface area contributed by atoms with Crippen molar-refractivity contribution in [2.45, 2.75) is 27.7 Å². The van der Waals surface area contributed by atoms with Crippen LogP contribution >= 0.6 is 0 Å². The molecule has 0 aliphatic rings. The van der Waals surface area contributed by atoms with Crippen molar-refractivity contribution >= 4 is 11.6 Å². The third-order valence-corrected chi connectivity index (χ3v) is 3.25. The van der Waals surface area contributed by atoms with Gasteiger partial charge in [0.05, 0.1) is 5.71 Å². The van der Waals surface area contributed by atoms with Crippen LogP contribution in [0.1, 0.15) is 39.8 Å². The number of pyridine rings is 1. The molecule has 0 radical (unpaired) electrons. The zero-order valence-electron chi connectivity index (χ0n) is 12.8. The van der Waals surface area contributed by atoms with Gasteiger partial charge in [-0.05, 0) is 51.5 Å². The Bertz CT molecular complexity index is 667. The fraction of sp³-hybridized carbons (Fsp3) is 0.235. The van der Waals surface area contributed by atoms with Crippen LogP contribution in [0.4, 0.5) is 0 Å². The topological polar surface area (TPSA) is 54.4 Å². The summed E-state index contributed by atoms with van der Waals surface area (Å²) in [5.41, 5.74) is 7.91. The lowest BCUT2D eigenvalue weighted by molar-refractivity contribution is 0.0955. The summed E-state index contributed by atoms with van der Waals surface area (Å²) in [4.78, 5) is 16.4. The summed E-state index contributed by atoms with van der Waals surface area (Å²) in [5.74, 6) is -0.217. The maximum absolute atomic E-state index is 12.0. The van der Waals surface area contributed by atoms with Gasteiger partial charge in [-0.1, -0.05) is 18.2 Å². The standard InChI is InChI=1S/C17H19N3O/c1-11-10-12(2)18-13(3)16(11)14(4)19-20-17(21)15-8-6-5-7-9-15/h5-10H,1-4H3,(H,20,21)/b19-14+. The number of rotatable bonds is 3. The minimum Gasteiger partial charge on any atom is -0.267 e. The number of hydrazone groups is 1. The summed E-state index contributed by atoms with van der Waals surface area (Å²) in [6.45, 7) is 7.81. The van der Waals surface area contributed by atoms with E-state index in [0.29, 0.717) is 5.56 Å². The van der Waals surface area contributed by atoms with E-state index < -0.39 is 0 Å². The van der Waals surface area contributed by atoms with Crippen LogP contribution in [0.5, 0.6) is 0 Å². The monoisotopic (exact) mass is 281 g/mol. The van der Waals surface area contributed by atoms with Crippen molar-refractivity contribution in [1.29, 1.82) is 0 Å². The Kier molecular flexibility index (Phi) is 4.48. The number of nitrogens with one attached hydrogen (secondary N) is 1. The van der Waals surface area contributed by atoms with E-state index in [1.807, 2.05) is 52.0 Å². The van der Waals surface area contributed by atoms with Gasteiger partial charge in [0.15, 0.2) is 0 Å². The number of benzene rings is 1. The lowest BCUT2D eigenvalue weighted by Gasteiger charge is -2.10. The highest BCUT2D eigenvalue weighted by Gasteiger charge is 2.09. The van der Waals surface area contributed by atoms with E-state index >= 15 is 0 Å². The first-order valence-electron chi connectivity index (χ1n) is 6.84. The Labute approximate surface area is 124 Å². The second-order valence-corrected chi connectivity index (χ2v) is 5.05. The molecule has 0 unspecified atom stereocenters. The average molecular weight is 281 g/mol. The first kappa shape index (κ1) is 14.9. The van der Waals surface area contributed by atoms with Crippen molar-refractivity contribution in [3.8, 4) is 0 Å². The molecule has 1 amide bonds. The second kappa shape index (κ2) is 6.31. The van der Waals surface area contributed by atoms with Gasteiger partial charge in [0.2, 0.25) is 0 Å². The Hall–Kier alpha value is -2.49. The molecule has 2 rings (SSSR count). The maximum Gasteiger partial charge on any atom is 0.271 e. The summed E-state index contributed by atoms with van der Waals surface area (Å²) < 4.78 is 0. The molecule has 0 spiro atoms. The quantitative estimate of drug-likeness (QED) is 0.694. The van der Waals surface area contributed by atoms with E-state index in [0.717, 1.165) is 28.2 Å². The smallest absolute Gasteiger partial charge is 0.267 e. The minimum atomic E-state index is -0.217. The molecule has 108 valence electrons. The molecular formula is C17H19N3O. The number of amides is 1. The van der Waals surface area contributed by atoms with Gasteiger partial charge < -0.3 is 0 Å². The molecule has 1 heterocycles. The normalized spacial score (nSPS) is 11.3. The summed E-state index contributed by atoms with van der Waals surface area (Å²) in [7, 11) is 0. The Morgan fingerprint density at radius 1 is 1.14 bits per heavy atom. The lowest BCUT2D eigenvalue weighted by atomic mass is 10.0. The van der Waals surface area contributed by atoms with Crippen LogP contribution in [0, 0.1) is 20.8 Å². The largest absolute Gasteiger partial charge is 0.271 e. The van der Waals surface area contributed by atoms with E-state index in [2.05, 4.69) is 15.5 Å². The molecule has 0 aliphatic carbocycles. The molecule has 4 nitrogen and oxygen atoms in total. The number of aryl methyl sites for hydroxylation is 3. The van der Waals surface area contributed by atoms with Crippen LogP contribution in [-0.4, -0.2) is 16.6 Å². The average Bonchev–Trinajstić information content (AvgIpc) is 2.44. The number of carbonyl (C=O) groups excluding carboxylic acids is 1. The number of carbonyl (C=O) groups is 1. The molecule has 0 fully saturated rings. The molecule has 0 aliphatic heterocycles. The van der Waals surface area contributed by atoms with E-state index in [1.165, 1.54) is 0 Å². The summed E-state index contributed by atoms with van der Waals surface area (Å²) in [5, 5.41) is 4.20. The third kappa shape index (κ3) is 3.54. The van der Waals surface area contributed by atoms with Gasteiger partial charge >= 0.3 is 0 Å². The van der Waals surface area contributed by atoms with Crippen LogP contribution in [0.15, 0.2) is 41.5 Å². The van der Waals surface area contributed by atoms with Gasteiger partial charge in [0.25, 0.3) is 5.91 Å². The van der Waals surface area contributed by atoms with Crippen molar-refractivity contribution < 1.29 is 4.79 Å². The highest BCUT2D eigenvalue weighted by atomic mass is 16.2. The number of aromatic nitrogens is 1. The summed E-state index contributed by atoms with van der Waals surface area (Å²) in [6, 6.07) is 11.0. The van der Waals surface area contributed by atoms with Gasteiger partial charge in [-0.2, -0.15) is 5.10 Å². The van der Waals surface area contributed by atoms with Crippen molar-refractivity contribution in [1.82, 2.24) is 10.4 Å². The molecular weight excluding hydrogens is 262 g/mol. The number of hydrogen-bond donors (Lipinski definition) is 1. The SMILES string of the molecule is C/C(=N\NC(=O)c1ccccc1)c1c(C)cc(C)nc1C. The molecule has 1 aromatic heterocycles. The van der Waals surface area contributed by atoms with E-state index in [-0.39, 0.29) is 5.91 Å². The maximum atomic E-state index is 12.0. The molecule has 0 saturated heterocycles. The highest BCUT2D eigenvalue weighted by Crippen LogP contribution is 2.14. The van der Waals surface area contributed by atoms with E-state index in [9.17, 15) is 4.79 Å². The Morgan fingerprint density at radius 3 is 2.43 bits per heavy atom. The van der Waals surface area contributed by atoms with Gasteiger partial charge in [0.1, 0.15) is 0 Å². The predicted octanol–water partition coefficient (Wildman–Crippen LogP) is 3.16. The van der Waals surface area contributed by atoms with E-state index in [4.69, 9.17) is 0 Å². The van der Waals surface area contributed by atoms with Crippen molar-refractivity contribution in [2.75, 3.05) is 0 Å². The molecule has 21 heavy (non-hydrogen) atoms. The van der Waals surface area contributed by atoms with Gasteiger partial charge in [-0.3, -0.25) is 9.78 Å². The van der Waals surface area contributed by atoms with Gasteiger partial charge in [0, 0.05) is 22.5 Å². The Morgan fingerprint density at radius 2 is 1.81 bits per heavy atom. The van der Waals surface area contributed by atoms with E-state index in [1.54, 1.807) is 12.1 Å². The molecule has 1 aromatic carbocycles. The fourth-order valence-corrected chi connectivity index (χ4v) is 2.42. The number of nitrogens with zero attached hydrogens (tertiary/aromatic N) is 2. The zero-order valence-corrected chi connectivity index (χ0v) is 12.8. The Balaban J connectivity index is 2.21. The van der Waals surface area contributed by atoms with Crippen molar-refractivity contribution in [3.05, 3.63) is 64.5 Å². The van der Waals surface area contributed by atoms with Crippen LogP contribution in [0.2, 0.25) is 0 Å². The second-order valence-electron chi connectivity index (χ2n) is 5.05. The van der Waals surface area contributed by atoms with Crippen molar-refractivity contribution in [3.63, 3.8) is 0 Å². The molecule has 0 saturated carbocycles. The first-order chi connectivity index (χ1) is 9.99. The van der Waals surface area contributed by atoms with Crippen molar-refractivity contribution in [2.24, 2.45) is 5.10 Å². The predicted molar refractivity (Wildman–Crippen MR) is 84.6 cm³/mol.